The molecule has 24 aromatic rings. The molecule has 28 rings (SSSR count). The van der Waals surface area contributed by atoms with E-state index in [4.69, 9.17) is 0 Å². The summed E-state index contributed by atoms with van der Waals surface area (Å²) in [4.78, 5) is 15.5. The maximum absolute atomic E-state index is 12.2. The predicted molar refractivity (Wildman–Crippen MR) is 611 cm³/mol. The van der Waals surface area contributed by atoms with Gasteiger partial charge in [0.1, 0.15) is 5.60 Å². The summed E-state index contributed by atoms with van der Waals surface area (Å²) in [6.45, 7) is 0. The Hall–Kier alpha value is -13.2. The van der Waals surface area contributed by atoms with E-state index in [0.717, 1.165) is 88.3 Å². The average Bonchev–Trinajstić information content (AvgIpc) is 1.54. The van der Waals surface area contributed by atoms with E-state index in [1.807, 2.05) is 158 Å². The summed E-state index contributed by atoms with van der Waals surface area (Å²) < 4.78 is 10.9. The van der Waals surface area contributed by atoms with E-state index in [1.54, 1.807) is 0 Å². The van der Waals surface area contributed by atoms with Gasteiger partial charge in [0.15, 0.2) is 5.78 Å². The second kappa shape index (κ2) is 42.4. The molecule has 3 heterocycles. The number of aliphatic hydroxyl groups is 1. The Kier molecular flexibility index (Phi) is 28.8. The van der Waals surface area contributed by atoms with Crippen molar-refractivity contribution in [2.75, 3.05) is 0 Å². The van der Waals surface area contributed by atoms with Crippen LogP contribution in [0.2, 0.25) is 0 Å². The molecule has 0 bridgehead atoms. The molecule has 0 fully saturated rings. The Morgan fingerprint density at radius 1 is 0.224 bits per heavy atom. The number of benzene rings is 21. The average molecular weight is 2310 g/mol. The fourth-order valence-electron chi connectivity index (χ4n) is 21.4. The maximum Gasteiger partial charge on any atom is 2.00 e. The predicted octanol–water partition coefficient (Wildman–Crippen LogP) is 32.8. The van der Waals surface area contributed by atoms with Crippen LogP contribution < -0.4 is 17.0 Å². The number of nitrogens with one attached hydrogen (secondary N) is 1. The summed E-state index contributed by atoms with van der Waals surface area (Å²) in [5.74, 6) is 0.104. The second-order valence-electron chi connectivity index (χ2n) is 35.2. The van der Waals surface area contributed by atoms with Crippen molar-refractivity contribution in [3.8, 4) is 55.9 Å². The molecule has 21 aromatic carbocycles. The van der Waals surface area contributed by atoms with Crippen LogP contribution in [-0.4, -0.2) is 48.1 Å². The van der Waals surface area contributed by atoms with E-state index in [-0.39, 0.29) is 51.2 Å². The van der Waals surface area contributed by atoms with Crippen molar-refractivity contribution >= 4 is 190 Å². The Balaban J connectivity index is 0.000000114. The molecule has 0 radical (unpaired) electrons. The number of carbonyl (C=O) groups excluding carboxylic acids is 1. The van der Waals surface area contributed by atoms with Gasteiger partial charge in [0.05, 0.1) is 32.9 Å². The molecule has 4 aliphatic carbocycles. The van der Waals surface area contributed by atoms with Crippen LogP contribution in [0.1, 0.15) is 77.1 Å². The van der Waals surface area contributed by atoms with E-state index >= 15 is 0 Å². The summed E-state index contributed by atoms with van der Waals surface area (Å²) in [7, 11) is 0. The largest absolute Gasteiger partial charge is 2.00 e. The Morgan fingerprint density at radius 3 is 0.755 bits per heavy atom. The second-order valence-corrected chi connectivity index (χ2v) is 40.7. The molecule has 2 N–H and O–H groups in total. The van der Waals surface area contributed by atoms with Gasteiger partial charge < -0.3 is 36.2 Å². The van der Waals surface area contributed by atoms with E-state index in [0.29, 0.717) is 0 Å². The minimum atomic E-state index is -1.13. The summed E-state index contributed by atoms with van der Waals surface area (Å²) in [6.07, 6.45) is 0. The van der Waals surface area contributed by atoms with Gasteiger partial charge in [-0.05, 0) is 228 Å². The Labute approximate surface area is 908 Å². The van der Waals surface area contributed by atoms with Gasteiger partial charge in [-0.15, -0.1) is 0 Å². The van der Waals surface area contributed by atoms with Gasteiger partial charge in [-0.1, -0.05) is 441 Å². The van der Waals surface area contributed by atoms with Gasteiger partial charge >= 0.3 is 23.1 Å². The molecular weight excluding hydrogens is 2220 g/mol. The van der Waals surface area contributed by atoms with Crippen LogP contribution in [0.25, 0.3) is 121 Å². The molecule has 0 saturated heterocycles. The first-order chi connectivity index (χ1) is 69.2. The number of aromatic amines is 1. The fraction of sp³-hybridized carbons (Fsp3) is 0.0231. The monoisotopic (exact) mass is 2300 g/mol. The first-order valence-electron chi connectivity index (χ1n) is 46.7. The zero-order valence-electron chi connectivity index (χ0n) is 77.1. The number of aromatic nitrogens is 3. The molecule has 5 nitrogen and oxygen atoms in total. The smallest absolute Gasteiger partial charge is 1.00 e. The van der Waals surface area contributed by atoms with Crippen LogP contribution in [0.15, 0.2) is 536 Å². The van der Waals surface area contributed by atoms with Gasteiger partial charge in [0.2, 0.25) is 0 Å². The van der Waals surface area contributed by atoms with Crippen LogP contribution in [0, 0.1) is 6.07 Å². The number of carbonyl (C=O) groups is 1. The molecule has 143 heavy (non-hydrogen) atoms. The number of H-pyrrole nitrogens is 1. The third-order valence-corrected chi connectivity index (χ3v) is 30.3. The molecule has 0 saturated carbocycles. The molecule has 684 valence electrons. The van der Waals surface area contributed by atoms with E-state index in [9.17, 15) is 9.90 Å². The van der Waals surface area contributed by atoms with Crippen molar-refractivity contribution in [2.45, 2.75) is 16.4 Å². The van der Waals surface area contributed by atoms with E-state index in [1.165, 1.54) is 132 Å². The van der Waals surface area contributed by atoms with Crippen LogP contribution in [-0.2, 0) is 16.4 Å². The first kappa shape index (κ1) is 97.2. The normalized spacial score (nSPS) is 12.7. The quantitative estimate of drug-likeness (QED) is 0.123. The number of fused-ring (bicyclic) bond motifs is 21. The molecule has 13 heteroatoms. The summed E-state index contributed by atoms with van der Waals surface area (Å²) in [5, 5.41) is 19.4. The van der Waals surface area contributed by atoms with Gasteiger partial charge in [0, 0.05) is 104 Å². The SMILES string of the molecule is Brc1ccc2c(c1)C(c1ccccc1)(c1ccccc1)c1cc(Br)ccc1-2.O=C1c2cc(Br)ccc2-c2ccc(Br)cc21.OC1(c2ccccc2)c2cc(Br)ccc2-c2ccc(Br)cc21.[Br-].[Mg+2].[c-]1ccccc1.c1ccc(C2(c3ccccc3)c3cc(-n4c5ccccc5c5ccccc54)ccc3-c3ccc(-n4c5ccccc5c5ccccc54)cc32)cc1.c1ccc2c(c1)[nH]c1ccccc12.c1ccccc1. The van der Waals surface area contributed by atoms with Gasteiger partial charge in [-0.25, -0.2) is 0 Å². The number of ketones is 1. The Bertz CT molecular complexity index is 8160. The molecule has 0 unspecified atom stereocenters. The van der Waals surface area contributed by atoms with Crippen LogP contribution >= 0.6 is 95.6 Å². The van der Waals surface area contributed by atoms with Crippen LogP contribution in [0.4, 0.5) is 0 Å². The number of halogens is 7. The van der Waals surface area contributed by atoms with Crippen molar-refractivity contribution in [3.63, 3.8) is 0 Å². The molecule has 3 aromatic heterocycles. The standard InChI is InChI=1S/C49H32N2.C25H16Br2.C19H12Br2O.C13H6Br2O.C12H9N.C6H6.C6H5.BrH.Mg/c1-3-15-33(16-4-1)49(34-17-5-2-6-18-34)43-31-35(50-45-23-11-7-19-39(45)40-20-8-12-24-46(40)50)27-29-37(43)38-30-28-36(32-44(38)49)51-47-25-13-9-21-41(47)42-22-10-14-26-48(42)51;26-19-11-13-21-22-14-12-20(27)16-24(22)25(23(21)15-19,17-7-3-1-4-8-17)18-9-5-2-6-10-18;20-13-6-8-15-16-9-7-14(21)11-18(16)19(22,17(15)10-13)12-4-2-1-3-5-12;14-7-1-3-9-10-4-2-8(15)6-12(10)13(16)11(9)5-7;1-3-7-11-9(5-1)10-6-2-4-8-12(10)13-11;2*1-2-4-6-5-3-1;;/h1-32H;1-16H;1-11,22H;1-6H;1-8,13H;1-6H;1-5H;1H;/q;;;;;;-1;;+2/p-1. The van der Waals surface area contributed by atoms with Crippen molar-refractivity contribution in [3.05, 3.63) is 615 Å². The minimum absolute atomic E-state index is 0. The number of para-hydroxylation sites is 6. The van der Waals surface area contributed by atoms with E-state index in [2.05, 4.69) is 468 Å². The first-order valence-corrected chi connectivity index (χ1v) is 51.5. The zero-order valence-corrected chi connectivity index (χ0v) is 89.6. The fourth-order valence-corrected chi connectivity index (χ4v) is 23.5. The number of hydrogen-bond acceptors (Lipinski definition) is 2. The van der Waals surface area contributed by atoms with E-state index < -0.39 is 11.0 Å². The molecular formula is C130H86Br7MgN3O2. The summed E-state index contributed by atoms with van der Waals surface area (Å²) >= 11 is 21.3. The number of hydrogen-bond donors (Lipinski definition) is 2. The molecule has 0 spiro atoms. The third-order valence-electron chi connectivity index (χ3n) is 27.3. The van der Waals surface area contributed by atoms with Crippen LogP contribution in [0.5, 0.6) is 0 Å². The van der Waals surface area contributed by atoms with Crippen molar-refractivity contribution in [2.24, 2.45) is 0 Å². The topological polar surface area (TPSA) is 62.9 Å². The molecule has 0 amide bonds. The minimum Gasteiger partial charge on any atom is -1.00 e. The molecule has 0 atom stereocenters. The Morgan fingerprint density at radius 2 is 0.455 bits per heavy atom. The number of rotatable bonds is 7. The third kappa shape index (κ3) is 18.0. The maximum atomic E-state index is 12.2. The summed E-state index contributed by atoms with van der Waals surface area (Å²) in [5.41, 5.74) is 31.6. The van der Waals surface area contributed by atoms with Gasteiger partial charge in [-0.3, -0.25) is 4.79 Å². The van der Waals surface area contributed by atoms with Crippen molar-refractivity contribution in [1.29, 1.82) is 0 Å². The van der Waals surface area contributed by atoms with Gasteiger partial charge in [0.25, 0.3) is 0 Å². The van der Waals surface area contributed by atoms with Gasteiger partial charge in [-0.2, -0.15) is 36.4 Å². The number of nitrogens with zero attached hydrogens (tertiary/aromatic N) is 2. The summed E-state index contributed by atoms with van der Waals surface area (Å²) in [6, 6.07) is 182. The molecule has 4 aliphatic rings. The van der Waals surface area contributed by atoms with Crippen molar-refractivity contribution < 1.29 is 26.9 Å². The zero-order chi connectivity index (χ0) is 95.7. The van der Waals surface area contributed by atoms with Crippen molar-refractivity contribution in [1.82, 2.24) is 14.1 Å². The molecule has 0 aliphatic heterocycles. The van der Waals surface area contributed by atoms with Crippen LogP contribution in [0.3, 0.4) is 0 Å².